The summed E-state index contributed by atoms with van der Waals surface area (Å²) in [5.74, 6) is -0.291. The quantitative estimate of drug-likeness (QED) is 0.392. The van der Waals surface area contributed by atoms with E-state index in [-0.39, 0.29) is 23.4 Å². The highest BCUT2D eigenvalue weighted by Gasteiger charge is 2.31. The number of benzene rings is 3. The number of carbonyl (C=O) groups is 1. The highest BCUT2D eigenvalue weighted by molar-refractivity contribution is 7.89. The Labute approximate surface area is 224 Å². The lowest BCUT2D eigenvalue weighted by Gasteiger charge is -2.32. The van der Waals surface area contributed by atoms with Gasteiger partial charge >= 0.3 is 6.18 Å². The fraction of sp³-hybridized carbons (Fsp3) is 0.296. The van der Waals surface area contributed by atoms with Gasteiger partial charge in [-0.25, -0.2) is 8.42 Å². The topological polar surface area (TPSA) is 78.5 Å². The van der Waals surface area contributed by atoms with E-state index in [1.807, 2.05) is 0 Å². The van der Waals surface area contributed by atoms with E-state index in [2.05, 4.69) is 10.6 Å². The van der Waals surface area contributed by atoms with Gasteiger partial charge in [0.15, 0.2) is 0 Å². The number of carbonyl (C=O) groups excluding carboxylic acids is 1. The Kier molecular flexibility index (Phi) is 8.77. The van der Waals surface area contributed by atoms with E-state index in [1.165, 1.54) is 22.5 Å². The molecule has 4 rings (SSSR count). The number of hydrogen-bond acceptors (Lipinski definition) is 4. The molecule has 11 heteroatoms. The predicted octanol–water partition coefficient (Wildman–Crippen LogP) is 5.23. The Morgan fingerprint density at radius 1 is 0.921 bits per heavy atom. The number of halogens is 4. The minimum Gasteiger partial charge on any atom is -0.348 e. The maximum atomic E-state index is 13.2. The molecule has 0 spiro atoms. The van der Waals surface area contributed by atoms with E-state index < -0.39 is 21.8 Å². The molecule has 0 atom stereocenters. The molecule has 3 aromatic rings. The van der Waals surface area contributed by atoms with Crippen molar-refractivity contribution >= 4 is 27.5 Å². The Morgan fingerprint density at radius 3 is 2.21 bits per heavy atom. The van der Waals surface area contributed by atoms with Crippen LogP contribution in [0.15, 0.2) is 77.7 Å². The van der Waals surface area contributed by atoms with Gasteiger partial charge < -0.3 is 10.6 Å². The Morgan fingerprint density at radius 2 is 1.58 bits per heavy atom. The Hall–Kier alpha value is -2.92. The third-order valence-electron chi connectivity index (χ3n) is 6.43. The minimum atomic E-state index is -4.37. The van der Waals surface area contributed by atoms with E-state index in [0.29, 0.717) is 48.6 Å². The molecule has 6 nitrogen and oxygen atoms in total. The minimum absolute atomic E-state index is 0.0538. The zero-order valence-electron chi connectivity index (χ0n) is 20.3. The number of piperidine rings is 1. The summed E-state index contributed by atoms with van der Waals surface area (Å²) in [6.45, 7) is 1.22. The summed E-state index contributed by atoms with van der Waals surface area (Å²) in [5, 5.41) is 6.62. The second-order valence-electron chi connectivity index (χ2n) is 9.09. The van der Waals surface area contributed by atoms with Crippen LogP contribution >= 0.6 is 11.6 Å². The molecule has 1 aliphatic heterocycles. The van der Waals surface area contributed by atoms with Gasteiger partial charge in [0, 0.05) is 42.8 Å². The van der Waals surface area contributed by atoms with Crippen molar-refractivity contribution in [1.29, 1.82) is 0 Å². The molecule has 1 heterocycles. The lowest BCUT2D eigenvalue weighted by Crippen LogP contribution is -2.44. The molecule has 2 N–H and O–H groups in total. The Bertz CT molecular complexity index is 1360. The zero-order chi connectivity index (χ0) is 27.3. The molecular formula is C27H27ClF3N3O3S. The van der Waals surface area contributed by atoms with Crippen molar-refractivity contribution in [1.82, 2.24) is 14.9 Å². The monoisotopic (exact) mass is 565 g/mol. The standard InChI is InChI=1S/C27H27ClF3N3O3S/c28-23-10-6-21(7-11-23)26(35)33-18-20-2-1-3-25(16-20)38(36,37)34-14-12-24(13-15-34)32-17-19-4-8-22(9-5-19)27(29,30)31/h1-11,16,24,32H,12-15,17-18H2,(H,33,35). The fourth-order valence-corrected chi connectivity index (χ4v) is 5.89. The first kappa shape index (κ1) is 28.1. The Balaban J connectivity index is 1.29. The van der Waals surface area contributed by atoms with Crippen LogP contribution in [-0.4, -0.2) is 37.8 Å². The number of nitrogens with zero attached hydrogens (tertiary/aromatic N) is 1. The molecule has 0 saturated carbocycles. The molecule has 0 bridgehead atoms. The van der Waals surface area contributed by atoms with Crippen LogP contribution in [0.3, 0.4) is 0 Å². The van der Waals surface area contributed by atoms with Gasteiger partial charge in [-0.1, -0.05) is 35.9 Å². The average Bonchev–Trinajstić information content (AvgIpc) is 2.91. The highest BCUT2D eigenvalue weighted by atomic mass is 35.5. The summed E-state index contributed by atoms with van der Waals surface area (Å²) in [7, 11) is -3.72. The van der Waals surface area contributed by atoms with Gasteiger partial charge in [0.25, 0.3) is 5.91 Å². The molecule has 1 aliphatic rings. The molecule has 38 heavy (non-hydrogen) atoms. The second kappa shape index (κ2) is 11.9. The third-order valence-corrected chi connectivity index (χ3v) is 8.57. The van der Waals surface area contributed by atoms with E-state index in [0.717, 1.165) is 17.7 Å². The summed E-state index contributed by atoms with van der Waals surface area (Å²) < 4.78 is 66.1. The summed E-state index contributed by atoms with van der Waals surface area (Å²) in [6.07, 6.45) is -3.21. The molecule has 1 saturated heterocycles. The van der Waals surface area contributed by atoms with Crippen molar-refractivity contribution in [2.75, 3.05) is 13.1 Å². The van der Waals surface area contributed by atoms with Gasteiger partial charge in [0.05, 0.1) is 10.5 Å². The lowest BCUT2D eigenvalue weighted by atomic mass is 10.1. The number of amides is 1. The third kappa shape index (κ3) is 7.13. The van der Waals surface area contributed by atoms with Crippen molar-refractivity contribution in [2.45, 2.75) is 43.0 Å². The van der Waals surface area contributed by atoms with Gasteiger partial charge in [-0.3, -0.25) is 4.79 Å². The van der Waals surface area contributed by atoms with Crippen LogP contribution in [0.5, 0.6) is 0 Å². The van der Waals surface area contributed by atoms with Crippen LogP contribution in [0, 0.1) is 0 Å². The van der Waals surface area contributed by atoms with Crippen LogP contribution in [0.1, 0.15) is 39.9 Å². The number of sulfonamides is 1. The summed E-state index contributed by atoms with van der Waals surface area (Å²) >= 11 is 5.85. The SMILES string of the molecule is O=C(NCc1cccc(S(=O)(=O)N2CCC(NCc3ccc(C(F)(F)F)cc3)CC2)c1)c1ccc(Cl)cc1. The molecule has 3 aromatic carbocycles. The highest BCUT2D eigenvalue weighted by Crippen LogP contribution is 2.29. The van der Waals surface area contributed by atoms with Gasteiger partial charge in [0.2, 0.25) is 10.0 Å². The number of hydrogen-bond donors (Lipinski definition) is 2. The molecular weight excluding hydrogens is 539 g/mol. The van der Waals surface area contributed by atoms with Crippen molar-refractivity contribution in [2.24, 2.45) is 0 Å². The first-order valence-electron chi connectivity index (χ1n) is 12.0. The largest absolute Gasteiger partial charge is 0.416 e. The van der Waals surface area contributed by atoms with Gasteiger partial charge in [0.1, 0.15) is 0 Å². The molecule has 202 valence electrons. The molecule has 0 unspecified atom stereocenters. The lowest BCUT2D eigenvalue weighted by molar-refractivity contribution is -0.137. The van der Waals surface area contributed by atoms with Crippen LogP contribution in [-0.2, 0) is 29.3 Å². The first-order valence-corrected chi connectivity index (χ1v) is 13.9. The second-order valence-corrected chi connectivity index (χ2v) is 11.5. The van der Waals surface area contributed by atoms with Gasteiger partial charge in [-0.2, -0.15) is 17.5 Å². The number of alkyl halides is 3. The summed E-state index contributed by atoms with van der Waals surface area (Å²) in [6, 6.07) is 18.0. The van der Waals surface area contributed by atoms with Crippen molar-refractivity contribution in [3.8, 4) is 0 Å². The van der Waals surface area contributed by atoms with Crippen LogP contribution in [0.25, 0.3) is 0 Å². The zero-order valence-corrected chi connectivity index (χ0v) is 21.9. The molecule has 0 radical (unpaired) electrons. The van der Waals surface area contributed by atoms with E-state index in [9.17, 15) is 26.4 Å². The summed E-state index contributed by atoms with van der Waals surface area (Å²) in [4.78, 5) is 12.5. The van der Waals surface area contributed by atoms with Crippen molar-refractivity contribution in [3.63, 3.8) is 0 Å². The predicted molar refractivity (Wildman–Crippen MR) is 139 cm³/mol. The van der Waals surface area contributed by atoms with Gasteiger partial charge in [-0.05, 0) is 72.5 Å². The fourth-order valence-electron chi connectivity index (χ4n) is 4.22. The molecule has 0 aromatic heterocycles. The average molecular weight is 566 g/mol. The van der Waals surface area contributed by atoms with Crippen molar-refractivity contribution < 1.29 is 26.4 Å². The number of rotatable bonds is 8. The van der Waals surface area contributed by atoms with E-state index in [4.69, 9.17) is 11.6 Å². The normalized spacial score (nSPS) is 15.4. The maximum Gasteiger partial charge on any atom is 0.416 e. The maximum absolute atomic E-state index is 13.2. The van der Waals surface area contributed by atoms with Crippen LogP contribution < -0.4 is 10.6 Å². The van der Waals surface area contributed by atoms with Gasteiger partial charge in [-0.15, -0.1) is 0 Å². The molecule has 0 aliphatic carbocycles. The van der Waals surface area contributed by atoms with Crippen LogP contribution in [0.2, 0.25) is 5.02 Å². The van der Waals surface area contributed by atoms with Crippen molar-refractivity contribution in [3.05, 3.63) is 100 Å². The van der Waals surface area contributed by atoms with E-state index >= 15 is 0 Å². The molecule has 1 amide bonds. The number of nitrogens with one attached hydrogen (secondary N) is 2. The van der Waals surface area contributed by atoms with Crippen LogP contribution in [0.4, 0.5) is 13.2 Å². The molecule has 1 fully saturated rings. The smallest absolute Gasteiger partial charge is 0.348 e. The van der Waals surface area contributed by atoms with E-state index in [1.54, 1.807) is 42.5 Å². The summed E-state index contributed by atoms with van der Waals surface area (Å²) in [5.41, 5.74) is 1.15. The first-order chi connectivity index (χ1) is 18.0.